The summed E-state index contributed by atoms with van der Waals surface area (Å²) in [5.41, 5.74) is 2.03. The molecule has 0 fully saturated rings. The summed E-state index contributed by atoms with van der Waals surface area (Å²) in [6.45, 7) is 10.5. The lowest BCUT2D eigenvalue weighted by Gasteiger charge is -2.39. The number of esters is 1. The molecule has 2 atom stereocenters. The van der Waals surface area contributed by atoms with Gasteiger partial charge in [-0.2, -0.15) is 0 Å². The van der Waals surface area contributed by atoms with E-state index in [1.165, 1.54) is 0 Å². The van der Waals surface area contributed by atoms with Gasteiger partial charge in [0.1, 0.15) is 0 Å². The van der Waals surface area contributed by atoms with E-state index in [1.54, 1.807) is 13.0 Å². The Labute approximate surface area is 134 Å². The average Bonchev–Trinajstić information content (AvgIpc) is 2.41. The fourth-order valence-corrected chi connectivity index (χ4v) is 3.85. The van der Waals surface area contributed by atoms with Crippen molar-refractivity contribution in [1.29, 1.82) is 0 Å². The first-order valence-electron chi connectivity index (χ1n) is 7.18. The number of hydrogen-bond donors (Lipinski definition) is 0. The number of carbonyl (C=O) groups excluding carboxylic acids is 1. The van der Waals surface area contributed by atoms with Gasteiger partial charge in [0.25, 0.3) is 0 Å². The summed E-state index contributed by atoms with van der Waals surface area (Å²) in [6, 6.07) is 4.10. The molecular weight excluding hydrogens is 332 g/mol. The van der Waals surface area contributed by atoms with Gasteiger partial charge in [-0.15, -0.1) is 6.58 Å². The second kappa shape index (κ2) is 6.32. The molecule has 1 aliphatic heterocycles. The highest BCUT2D eigenvalue weighted by atomic mass is 79.9. The summed E-state index contributed by atoms with van der Waals surface area (Å²) in [7, 11) is 0. The fourth-order valence-electron chi connectivity index (χ4n) is 2.89. The molecule has 1 aromatic carbocycles. The maximum atomic E-state index is 12.6. The first-order chi connectivity index (χ1) is 9.96. The molecule has 3 nitrogen and oxygen atoms in total. The zero-order valence-electron chi connectivity index (χ0n) is 12.7. The number of hydrogen-bond acceptors (Lipinski definition) is 3. The molecule has 0 saturated heterocycles. The van der Waals surface area contributed by atoms with Crippen LogP contribution in [0.2, 0.25) is 0 Å². The van der Waals surface area contributed by atoms with Gasteiger partial charge in [0.2, 0.25) is 0 Å². The van der Waals surface area contributed by atoms with E-state index in [4.69, 9.17) is 9.47 Å². The average molecular weight is 353 g/mol. The van der Waals surface area contributed by atoms with Crippen LogP contribution in [0, 0.1) is 6.92 Å². The van der Waals surface area contributed by atoms with Gasteiger partial charge in [0, 0.05) is 22.4 Å². The minimum Gasteiger partial charge on any atom is -0.464 e. The van der Waals surface area contributed by atoms with E-state index < -0.39 is 5.60 Å². The predicted molar refractivity (Wildman–Crippen MR) is 86.4 cm³/mol. The number of aryl methyl sites for hydroxylation is 1. The van der Waals surface area contributed by atoms with E-state index >= 15 is 0 Å². The minimum atomic E-state index is -1.08. The fraction of sp³-hybridized carbons (Fsp3) is 0.471. The van der Waals surface area contributed by atoms with Crippen molar-refractivity contribution >= 4 is 21.9 Å². The van der Waals surface area contributed by atoms with Crippen molar-refractivity contribution in [2.45, 2.75) is 38.7 Å². The van der Waals surface area contributed by atoms with Crippen LogP contribution in [0.1, 0.15) is 42.9 Å². The molecule has 114 valence electrons. The Hall–Kier alpha value is -1.13. The monoisotopic (exact) mass is 352 g/mol. The number of fused-ring (bicyclic) bond motifs is 1. The molecule has 0 aromatic heterocycles. The van der Waals surface area contributed by atoms with Crippen molar-refractivity contribution in [1.82, 2.24) is 0 Å². The van der Waals surface area contributed by atoms with E-state index in [0.717, 1.165) is 21.2 Å². The second-order valence-electron chi connectivity index (χ2n) is 5.46. The summed E-state index contributed by atoms with van der Waals surface area (Å²) in [4.78, 5) is 12.6. The van der Waals surface area contributed by atoms with Crippen LogP contribution in [0.15, 0.2) is 29.3 Å². The highest BCUT2D eigenvalue weighted by Gasteiger charge is 2.47. The third-order valence-electron chi connectivity index (χ3n) is 3.82. The minimum absolute atomic E-state index is 0.224. The summed E-state index contributed by atoms with van der Waals surface area (Å²) in [5.74, 6) is -0.113. The van der Waals surface area contributed by atoms with Crippen LogP contribution in [0.25, 0.3) is 0 Å². The van der Waals surface area contributed by atoms with Crippen LogP contribution >= 0.6 is 15.9 Å². The molecule has 0 radical (unpaired) electrons. The highest BCUT2D eigenvalue weighted by molar-refractivity contribution is 9.10. The van der Waals surface area contributed by atoms with Crippen LogP contribution in [-0.2, 0) is 19.9 Å². The Morgan fingerprint density at radius 1 is 1.62 bits per heavy atom. The normalized spacial score (nSPS) is 24.3. The SMILES string of the molecule is C=CCC1(C(=O)OCC)OC[C@@H](C)c2c(Br)cc(C)cc21. The smallest absolute Gasteiger partial charge is 0.343 e. The first kappa shape index (κ1) is 16.2. The molecule has 0 bridgehead atoms. The largest absolute Gasteiger partial charge is 0.464 e. The number of carbonyl (C=O) groups is 1. The molecule has 1 unspecified atom stereocenters. The quantitative estimate of drug-likeness (QED) is 0.600. The van der Waals surface area contributed by atoms with Gasteiger partial charge >= 0.3 is 5.97 Å². The number of rotatable bonds is 4. The maximum absolute atomic E-state index is 12.6. The van der Waals surface area contributed by atoms with E-state index in [2.05, 4.69) is 35.5 Å². The summed E-state index contributed by atoms with van der Waals surface area (Å²) in [5, 5.41) is 0. The summed E-state index contributed by atoms with van der Waals surface area (Å²) >= 11 is 3.63. The molecule has 21 heavy (non-hydrogen) atoms. The van der Waals surface area contributed by atoms with Crippen LogP contribution in [0.3, 0.4) is 0 Å². The van der Waals surface area contributed by atoms with Crippen molar-refractivity contribution < 1.29 is 14.3 Å². The first-order valence-corrected chi connectivity index (χ1v) is 7.98. The van der Waals surface area contributed by atoms with E-state index in [-0.39, 0.29) is 11.9 Å². The summed E-state index contributed by atoms with van der Waals surface area (Å²) in [6.07, 6.45) is 2.12. The Morgan fingerprint density at radius 2 is 2.33 bits per heavy atom. The lowest BCUT2D eigenvalue weighted by molar-refractivity contribution is -0.177. The number of benzene rings is 1. The standard InChI is InChI=1S/C17H21BrO3/c1-5-7-17(16(19)20-6-2)13-8-11(3)9-14(18)15(13)12(4)10-21-17/h5,8-9,12H,1,6-7,10H2,2-4H3/t12-,17?/m1/s1. The molecule has 0 aliphatic carbocycles. The van der Waals surface area contributed by atoms with Crippen LogP contribution in [0.5, 0.6) is 0 Å². The van der Waals surface area contributed by atoms with E-state index in [0.29, 0.717) is 19.6 Å². The van der Waals surface area contributed by atoms with Gasteiger partial charge in [-0.3, -0.25) is 0 Å². The summed E-state index contributed by atoms with van der Waals surface area (Å²) < 4.78 is 12.3. The Morgan fingerprint density at radius 3 is 2.95 bits per heavy atom. The molecule has 1 aliphatic rings. The lowest BCUT2D eigenvalue weighted by atomic mass is 9.79. The molecule has 1 heterocycles. The molecular formula is C17H21BrO3. The topological polar surface area (TPSA) is 35.5 Å². The van der Waals surface area contributed by atoms with Gasteiger partial charge in [0.05, 0.1) is 13.2 Å². The Balaban J connectivity index is 2.67. The zero-order valence-corrected chi connectivity index (χ0v) is 14.3. The van der Waals surface area contributed by atoms with Crippen molar-refractivity contribution in [2.24, 2.45) is 0 Å². The van der Waals surface area contributed by atoms with Crippen LogP contribution in [-0.4, -0.2) is 19.2 Å². The van der Waals surface area contributed by atoms with Crippen molar-refractivity contribution in [2.75, 3.05) is 13.2 Å². The van der Waals surface area contributed by atoms with Crippen molar-refractivity contribution in [3.63, 3.8) is 0 Å². The van der Waals surface area contributed by atoms with Gasteiger partial charge in [-0.25, -0.2) is 4.79 Å². The molecule has 0 amide bonds. The zero-order chi connectivity index (χ0) is 15.6. The van der Waals surface area contributed by atoms with Crippen LogP contribution in [0.4, 0.5) is 0 Å². The molecule has 1 aromatic rings. The molecule has 0 saturated carbocycles. The molecule has 4 heteroatoms. The van der Waals surface area contributed by atoms with Crippen molar-refractivity contribution in [3.8, 4) is 0 Å². The molecule has 2 rings (SSSR count). The van der Waals surface area contributed by atoms with Gasteiger partial charge in [-0.1, -0.05) is 35.0 Å². The van der Waals surface area contributed by atoms with Gasteiger partial charge in [0.15, 0.2) is 5.60 Å². The number of halogens is 1. The number of ether oxygens (including phenoxy) is 2. The third kappa shape index (κ3) is 2.79. The second-order valence-corrected chi connectivity index (χ2v) is 6.31. The van der Waals surface area contributed by atoms with Gasteiger partial charge in [-0.05, 0) is 31.0 Å². The Bertz CT molecular complexity index is 567. The van der Waals surface area contributed by atoms with E-state index in [1.807, 2.05) is 13.0 Å². The third-order valence-corrected chi connectivity index (χ3v) is 4.47. The Kier molecular flexibility index (Phi) is 4.89. The van der Waals surface area contributed by atoms with Crippen molar-refractivity contribution in [3.05, 3.63) is 46.0 Å². The van der Waals surface area contributed by atoms with Gasteiger partial charge < -0.3 is 9.47 Å². The predicted octanol–water partition coefficient (Wildman–Crippen LogP) is 4.23. The molecule has 0 N–H and O–H groups in total. The van der Waals surface area contributed by atoms with Crippen LogP contribution < -0.4 is 0 Å². The molecule has 0 spiro atoms. The maximum Gasteiger partial charge on any atom is 0.343 e. The lowest BCUT2D eigenvalue weighted by Crippen LogP contribution is -2.44. The highest BCUT2D eigenvalue weighted by Crippen LogP contribution is 2.45. The van der Waals surface area contributed by atoms with E-state index in [9.17, 15) is 4.79 Å².